The quantitative estimate of drug-likeness (QED) is 0.428. The van der Waals surface area contributed by atoms with Crippen LogP contribution in [0.25, 0.3) is 0 Å². The molecule has 7 nitrogen and oxygen atoms in total. The molecule has 0 aromatic heterocycles. The van der Waals surface area contributed by atoms with Gasteiger partial charge in [-0.2, -0.15) is 0 Å². The van der Waals surface area contributed by atoms with E-state index < -0.39 is 4.92 Å². The number of carbonyl (C=O) groups is 1. The molecule has 2 aromatic rings. The minimum Gasteiger partial charge on any atom is -0.336 e. The van der Waals surface area contributed by atoms with Crippen LogP contribution in [0.5, 0.6) is 0 Å². The fourth-order valence-corrected chi connectivity index (χ4v) is 5.15. The summed E-state index contributed by atoms with van der Waals surface area (Å²) in [6.45, 7) is 5.91. The number of hydrogen-bond donors (Lipinski definition) is 0. The van der Waals surface area contributed by atoms with Gasteiger partial charge in [-0.3, -0.25) is 19.8 Å². The van der Waals surface area contributed by atoms with Gasteiger partial charge in [0.2, 0.25) is 5.91 Å². The van der Waals surface area contributed by atoms with Crippen LogP contribution in [0, 0.1) is 10.1 Å². The summed E-state index contributed by atoms with van der Waals surface area (Å²) in [6, 6.07) is 13.1. The largest absolute Gasteiger partial charge is 0.336 e. The molecule has 1 atom stereocenters. The van der Waals surface area contributed by atoms with Gasteiger partial charge in [0.1, 0.15) is 0 Å². The van der Waals surface area contributed by atoms with Crippen LogP contribution in [0.3, 0.4) is 0 Å². The summed E-state index contributed by atoms with van der Waals surface area (Å²) >= 11 is 12.1. The number of piperazine rings is 1. The van der Waals surface area contributed by atoms with Gasteiger partial charge in [0, 0.05) is 44.4 Å². The number of likely N-dealkylation sites (tertiary alicyclic amines) is 1. The van der Waals surface area contributed by atoms with Crippen LogP contribution in [-0.2, 0) is 17.8 Å². The Morgan fingerprint density at radius 1 is 1.00 bits per heavy atom. The Bertz CT molecular complexity index is 999. The van der Waals surface area contributed by atoms with E-state index in [0.717, 1.165) is 39.3 Å². The van der Waals surface area contributed by atoms with E-state index in [2.05, 4.69) is 21.9 Å². The van der Waals surface area contributed by atoms with Gasteiger partial charge in [-0.05, 0) is 37.6 Å². The topological polar surface area (TPSA) is 69.9 Å². The molecule has 0 spiro atoms. The molecule has 2 aliphatic rings. The third-order valence-corrected chi connectivity index (χ3v) is 7.19. The molecule has 0 unspecified atom stereocenters. The van der Waals surface area contributed by atoms with E-state index in [1.807, 2.05) is 23.1 Å². The Balaban J connectivity index is 1.50. The third kappa shape index (κ3) is 6.03. The van der Waals surface area contributed by atoms with Crippen LogP contribution < -0.4 is 0 Å². The van der Waals surface area contributed by atoms with E-state index in [4.69, 9.17) is 23.2 Å². The van der Waals surface area contributed by atoms with Gasteiger partial charge in [0.25, 0.3) is 5.69 Å². The summed E-state index contributed by atoms with van der Waals surface area (Å²) in [5.41, 5.74) is 1.38. The Hall–Kier alpha value is -2.19. The van der Waals surface area contributed by atoms with Crippen molar-refractivity contribution in [3.63, 3.8) is 0 Å². The van der Waals surface area contributed by atoms with Crippen molar-refractivity contribution in [1.82, 2.24) is 14.7 Å². The summed E-state index contributed by atoms with van der Waals surface area (Å²) in [4.78, 5) is 31.1. The highest BCUT2D eigenvalue weighted by Crippen LogP contribution is 2.31. The summed E-state index contributed by atoms with van der Waals surface area (Å²) in [7, 11) is 0. The molecule has 0 N–H and O–H groups in total. The normalized spacial score (nSPS) is 19.7. The van der Waals surface area contributed by atoms with Crippen molar-refractivity contribution in [2.75, 3.05) is 39.3 Å². The second-order valence-corrected chi connectivity index (χ2v) is 9.61. The maximum Gasteiger partial charge on any atom is 0.274 e. The molecule has 2 saturated heterocycles. The van der Waals surface area contributed by atoms with Crippen molar-refractivity contribution < 1.29 is 9.72 Å². The molecular formula is C24H28Cl2N4O3. The van der Waals surface area contributed by atoms with Crippen LogP contribution in [0.2, 0.25) is 10.0 Å². The molecule has 2 aromatic carbocycles. The van der Waals surface area contributed by atoms with Gasteiger partial charge in [-0.25, -0.2) is 0 Å². The van der Waals surface area contributed by atoms with Gasteiger partial charge in [0.15, 0.2) is 0 Å². The van der Waals surface area contributed by atoms with Crippen LogP contribution in [0.4, 0.5) is 5.69 Å². The van der Waals surface area contributed by atoms with E-state index in [9.17, 15) is 14.9 Å². The second-order valence-electron chi connectivity index (χ2n) is 8.80. The first-order chi connectivity index (χ1) is 15.9. The maximum atomic E-state index is 13.4. The average Bonchev–Trinajstić information content (AvgIpc) is 3.30. The van der Waals surface area contributed by atoms with E-state index in [1.165, 1.54) is 30.5 Å². The first kappa shape index (κ1) is 24.0. The number of carbonyl (C=O) groups excluding carboxylic acids is 1. The lowest BCUT2D eigenvalue weighted by Gasteiger charge is -2.43. The molecule has 33 heavy (non-hydrogen) atoms. The van der Waals surface area contributed by atoms with Gasteiger partial charge >= 0.3 is 0 Å². The first-order valence-electron chi connectivity index (χ1n) is 11.3. The molecule has 2 heterocycles. The molecule has 0 radical (unpaired) electrons. The number of hydrogen-bond acceptors (Lipinski definition) is 5. The number of nitrogens with zero attached hydrogens (tertiary/aromatic N) is 4. The molecule has 4 rings (SSSR count). The highest BCUT2D eigenvalue weighted by Gasteiger charge is 2.33. The zero-order valence-electron chi connectivity index (χ0n) is 18.5. The summed E-state index contributed by atoms with van der Waals surface area (Å²) in [5.74, 6) is -0.111. The van der Waals surface area contributed by atoms with Crippen LogP contribution in [0.15, 0.2) is 42.5 Å². The van der Waals surface area contributed by atoms with Crippen molar-refractivity contribution in [1.29, 1.82) is 0 Å². The van der Waals surface area contributed by atoms with Crippen molar-refractivity contribution in [2.45, 2.75) is 31.8 Å². The average molecular weight is 491 g/mol. The first-order valence-corrected chi connectivity index (χ1v) is 12.1. The SMILES string of the molecule is O=C(Cc1cc(Cl)c(Cl)cc1[N+](=O)[O-])N1CCN(Cc2ccccc2)C[C@@H]1CN1CCCC1. The lowest BCUT2D eigenvalue weighted by atomic mass is 10.1. The summed E-state index contributed by atoms with van der Waals surface area (Å²) < 4.78 is 0. The molecule has 176 valence electrons. The Kier molecular flexibility index (Phi) is 7.86. The Labute approximate surface area is 204 Å². The summed E-state index contributed by atoms with van der Waals surface area (Å²) in [6.07, 6.45) is 2.30. The summed E-state index contributed by atoms with van der Waals surface area (Å²) in [5, 5.41) is 11.8. The number of benzene rings is 2. The monoisotopic (exact) mass is 490 g/mol. The van der Waals surface area contributed by atoms with Crippen LogP contribution >= 0.6 is 23.2 Å². The lowest BCUT2D eigenvalue weighted by molar-refractivity contribution is -0.385. The number of nitro benzene ring substituents is 1. The van der Waals surface area contributed by atoms with Crippen molar-refractivity contribution >= 4 is 34.8 Å². The molecule has 9 heteroatoms. The number of halogens is 2. The fraction of sp³-hybridized carbons (Fsp3) is 0.458. The van der Waals surface area contributed by atoms with Gasteiger partial charge in [-0.15, -0.1) is 0 Å². The highest BCUT2D eigenvalue weighted by molar-refractivity contribution is 6.42. The van der Waals surface area contributed by atoms with Gasteiger partial charge in [0.05, 0.1) is 27.4 Å². The van der Waals surface area contributed by atoms with Crippen molar-refractivity contribution in [3.05, 3.63) is 73.8 Å². The Morgan fingerprint density at radius 2 is 1.70 bits per heavy atom. The van der Waals surface area contributed by atoms with Crippen LogP contribution in [0.1, 0.15) is 24.0 Å². The van der Waals surface area contributed by atoms with E-state index >= 15 is 0 Å². The predicted molar refractivity (Wildman–Crippen MR) is 130 cm³/mol. The molecule has 0 aliphatic carbocycles. The number of rotatable bonds is 7. The zero-order valence-corrected chi connectivity index (χ0v) is 20.0. The van der Waals surface area contributed by atoms with E-state index in [0.29, 0.717) is 12.1 Å². The lowest BCUT2D eigenvalue weighted by Crippen LogP contribution is -2.58. The van der Waals surface area contributed by atoms with E-state index in [1.54, 1.807) is 0 Å². The maximum absolute atomic E-state index is 13.4. The Morgan fingerprint density at radius 3 is 2.39 bits per heavy atom. The second kappa shape index (κ2) is 10.8. The fourth-order valence-electron chi connectivity index (χ4n) is 4.81. The number of nitro groups is 1. The molecule has 2 aliphatic heterocycles. The number of amides is 1. The molecule has 1 amide bonds. The highest BCUT2D eigenvalue weighted by atomic mass is 35.5. The van der Waals surface area contributed by atoms with Crippen LogP contribution in [-0.4, -0.2) is 70.8 Å². The molecule has 0 saturated carbocycles. The zero-order chi connectivity index (χ0) is 23.4. The molecule has 2 fully saturated rings. The van der Waals surface area contributed by atoms with Crippen molar-refractivity contribution in [3.8, 4) is 0 Å². The van der Waals surface area contributed by atoms with E-state index in [-0.39, 0.29) is 34.1 Å². The van der Waals surface area contributed by atoms with Crippen molar-refractivity contribution in [2.24, 2.45) is 0 Å². The minimum atomic E-state index is -0.510. The third-order valence-electron chi connectivity index (χ3n) is 6.46. The predicted octanol–water partition coefficient (Wildman–Crippen LogP) is 4.25. The van der Waals surface area contributed by atoms with Gasteiger partial charge in [-0.1, -0.05) is 53.5 Å². The smallest absolute Gasteiger partial charge is 0.274 e. The molecular weight excluding hydrogens is 463 g/mol. The standard InChI is InChI=1S/C24H28Cl2N4O3/c25-21-12-19(23(30(32)33)14-22(21)26)13-24(31)29-11-10-28(15-18-6-2-1-3-7-18)17-20(29)16-27-8-4-5-9-27/h1-3,6-7,12,14,20H,4-5,8-11,13,15-17H2/t20-/m0/s1. The molecule has 0 bridgehead atoms. The minimum absolute atomic E-state index is 0.0369. The van der Waals surface area contributed by atoms with Gasteiger partial charge < -0.3 is 9.80 Å².